The Morgan fingerprint density at radius 1 is 1.12 bits per heavy atom. The average Bonchev–Trinajstić information content (AvgIpc) is 2.80. The van der Waals surface area contributed by atoms with E-state index in [4.69, 9.17) is 4.74 Å². The van der Waals surface area contributed by atoms with Gasteiger partial charge in [0.1, 0.15) is 5.75 Å². The van der Waals surface area contributed by atoms with Crippen LogP contribution in [0.5, 0.6) is 5.75 Å². The van der Waals surface area contributed by atoms with Crippen LogP contribution in [0.1, 0.15) is 17.9 Å². The molecule has 0 aliphatic heterocycles. The van der Waals surface area contributed by atoms with E-state index in [-0.39, 0.29) is 6.10 Å². The van der Waals surface area contributed by atoms with Crippen molar-refractivity contribution in [3.63, 3.8) is 0 Å². The third kappa shape index (κ3) is 2.62. The molecular formula is C13H14O2S. The molecule has 3 heteroatoms. The highest BCUT2D eigenvalue weighted by molar-refractivity contribution is 7.10. The second-order valence-electron chi connectivity index (χ2n) is 3.61. The minimum atomic E-state index is -0.529. The fourth-order valence-electron chi connectivity index (χ4n) is 1.49. The highest BCUT2D eigenvalue weighted by atomic mass is 32.1. The SMILES string of the molecule is C[C@H](O)[C@H](Oc1ccccc1)c1cccs1. The van der Waals surface area contributed by atoms with Crippen LogP contribution in [0.15, 0.2) is 47.8 Å². The maximum atomic E-state index is 9.73. The molecule has 0 radical (unpaired) electrons. The third-order valence-electron chi connectivity index (χ3n) is 2.27. The van der Waals surface area contributed by atoms with Crippen LogP contribution in [-0.4, -0.2) is 11.2 Å². The molecule has 0 aliphatic carbocycles. The lowest BCUT2D eigenvalue weighted by molar-refractivity contribution is 0.0502. The largest absolute Gasteiger partial charge is 0.482 e. The van der Waals surface area contributed by atoms with E-state index in [1.165, 1.54) is 0 Å². The fraction of sp³-hybridized carbons (Fsp3) is 0.231. The van der Waals surface area contributed by atoms with E-state index in [1.807, 2.05) is 47.8 Å². The summed E-state index contributed by atoms with van der Waals surface area (Å²) >= 11 is 1.59. The molecule has 0 bridgehead atoms. The number of thiophene rings is 1. The molecular weight excluding hydrogens is 220 g/mol. The first kappa shape index (κ1) is 11.2. The maximum absolute atomic E-state index is 9.73. The molecule has 0 unspecified atom stereocenters. The Balaban J connectivity index is 2.16. The summed E-state index contributed by atoms with van der Waals surface area (Å²) in [5.74, 6) is 0.779. The summed E-state index contributed by atoms with van der Waals surface area (Å²) < 4.78 is 5.78. The van der Waals surface area contributed by atoms with Gasteiger partial charge in [-0.2, -0.15) is 0 Å². The molecule has 0 spiro atoms. The van der Waals surface area contributed by atoms with Crippen molar-refractivity contribution in [3.8, 4) is 5.75 Å². The molecule has 1 aromatic heterocycles. The lowest BCUT2D eigenvalue weighted by Crippen LogP contribution is -2.19. The second kappa shape index (κ2) is 5.14. The van der Waals surface area contributed by atoms with Crippen LogP contribution >= 0.6 is 11.3 Å². The second-order valence-corrected chi connectivity index (χ2v) is 4.59. The van der Waals surface area contributed by atoms with Crippen LogP contribution in [0.2, 0.25) is 0 Å². The summed E-state index contributed by atoms with van der Waals surface area (Å²) in [5, 5.41) is 11.7. The van der Waals surface area contributed by atoms with E-state index in [1.54, 1.807) is 18.3 Å². The van der Waals surface area contributed by atoms with Crippen molar-refractivity contribution in [2.75, 3.05) is 0 Å². The van der Waals surface area contributed by atoms with Crippen molar-refractivity contribution >= 4 is 11.3 Å². The molecule has 84 valence electrons. The molecule has 1 aromatic carbocycles. The van der Waals surface area contributed by atoms with Gasteiger partial charge in [-0.15, -0.1) is 11.3 Å². The van der Waals surface area contributed by atoms with Crippen LogP contribution in [-0.2, 0) is 0 Å². The Bertz CT molecular complexity index is 409. The molecule has 0 amide bonds. The zero-order valence-corrected chi connectivity index (χ0v) is 9.85. The van der Waals surface area contributed by atoms with E-state index in [2.05, 4.69) is 0 Å². The monoisotopic (exact) mass is 234 g/mol. The number of ether oxygens (including phenoxy) is 1. The first-order chi connectivity index (χ1) is 7.77. The van der Waals surface area contributed by atoms with Crippen molar-refractivity contribution < 1.29 is 9.84 Å². The first-order valence-electron chi connectivity index (χ1n) is 5.20. The normalized spacial score (nSPS) is 14.4. The highest BCUT2D eigenvalue weighted by Gasteiger charge is 2.20. The molecule has 2 rings (SSSR count). The topological polar surface area (TPSA) is 29.5 Å². The van der Waals surface area contributed by atoms with Crippen molar-refractivity contribution in [3.05, 3.63) is 52.7 Å². The molecule has 0 saturated carbocycles. The number of para-hydroxylation sites is 1. The van der Waals surface area contributed by atoms with E-state index in [0.29, 0.717) is 0 Å². The predicted octanol–water partition coefficient (Wildman–Crippen LogP) is 3.25. The van der Waals surface area contributed by atoms with Crippen molar-refractivity contribution in [1.29, 1.82) is 0 Å². The van der Waals surface area contributed by atoms with Crippen LogP contribution in [0.25, 0.3) is 0 Å². The number of hydrogen-bond acceptors (Lipinski definition) is 3. The highest BCUT2D eigenvalue weighted by Crippen LogP contribution is 2.27. The minimum absolute atomic E-state index is 0.289. The Morgan fingerprint density at radius 2 is 1.88 bits per heavy atom. The lowest BCUT2D eigenvalue weighted by atomic mass is 10.2. The molecule has 2 atom stereocenters. The fourth-order valence-corrected chi connectivity index (χ4v) is 2.34. The van der Waals surface area contributed by atoms with Crippen molar-refractivity contribution in [2.24, 2.45) is 0 Å². The Morgan fingerprint density at radius 3 is 2.44 bits per heavy atom. The van der Waals surface area contributed by atoms with E-state index in [0.717, 1.165) is 10.6 Å². The smallest absolute Gasteiger partial charge is 0.158 e. The zero-order valence-electron chi connectivity index (χ0n) is 9.04. The van der Waals surface area contributed by atoms with Gasteiger partial charge < -0.3 is 9.84 Å². The summed E-state index contributed by atoms with van der Waals surface area (Å²) in [6.45, 7) is 1.74. The van der Waals surface area contributed by atoms with Gasteiger partial charge in [-0.3, -0.25) is 0 Å². The van der Waals surface area contributed by atoms with Crippen LogP contribution in [0.3, 0.4) is 0 Å². The van der Waals surface area contributed by atoms with Gasteiger partial charge in [0.15, 0.2) is 6.10 Å². The van der Waals surface area contributed by atoms with Crippen LogP contribution < -0.4 is 4.74 Å². The summed E-state index contributed by atoms with van der Waals surface area (Å²) in [5.41, 5.74) is 0. The number of hydrogen-bond donors (Lipinski definition) is 1. The Kier molecular flexibility index (Phi) is 3.59. The standard InChI is InChI=1S/C13H14O2S/c1-10(14)13(12-8-5-9-16-12)15-11-6-3-2-4-7-11/h2-10,13-14H,1H3/t10-,13-/m0/s1. The van der Waals surface area contributed by atoms with Gasteiger partial charge in [0, 0.05) is 4.88 Å². The molecule has 1 N–H and O–H groups in total. The molecule has 0 fully saturated rings. The maximum Gasteiger partial charge on any atom is 0.158 e. The molecule has 1 heterocycles. The van der Waals surface area contributed by atoms with Gasteiger partial charge in [0.2, 0.25) is 0 Å². The van der Waals surface area contributed by atoms with Gasteiger partial charge in [0.05, 0.1) is 6.10 Å². The summed E-state index contributed by atoms with van der Waals surface area (Å²) in [6, 6.07) is 13.5. The number of benzene rings is 1. The van der Waals surface area contributed by atoms with E-state index < -0.39 is 6.10 Å². The van der Waals surface area contributed by atoms with Gasteiger partial charge in [-0.05, 0) is 30.5 Å². The summed E-state index contributed by atoms with van der Waals surface area (Å²) in [4.78, 5) is 1.04. The average molecular weight is 234 g/mol. The van der Waals surface area contributed by atoms with Crippen molar-refractivity contribution in [1.82, 2.24) is 0 Å². The molecule has 0 saturated heterocycles. The number of rotatable bonds is 4. The van der Waals surface area contributed by atoms with Gasteiger partial charge in [-0.25, -0.2) is 0 Å². The predicted molar refractivity (Wildman–Crippen MR) is 65.8 cm³/mol. The number of aliphatic hydroxyl groups excluding tert-OH is 1. The zero-order chi connectivity index (χ0) is 11.4. The van der Waals surface area contributed by atoms with E-state index in [9.17, 15) is 5.11 Å². The molecule has 16 heavy (non-hydrogen) atoms. The summed E-state index contributed by atoms with van der Waals surface area (Å²) in [6.07, 6.45) is -0.818. The van der Waals surface area contributed by atoms with Crippen molar-refractivity contribution in [2.45, 2.75) is 19.1 Å². The quantitative estimate of drug-likeness (QED) is 0.880. The van der Waals surface area contributed by atoms with E-state index >= 15 is 0 Å². The molecule has 2 aromatic rings. The van der Waals surface area contributed by atoms with Crippen LogP contribution in [0, 0.1) is 0 Å². The third-order valence-corrected chi connectivity index (χ3v) is 3.20. The Hall–Kier alpha value is -1.32. The van der Waals surface area contributed by atoms with Gasteiger partial charge in [-0.1, -0.05) is 24.3 Å². The Labute approximate surface area is 99.1 Å². The first-order valence-corrected chi connectivity index (χ1v) is 6.08. The molecule has 0 aliphatic rings. The summed E-state index contributed by atoms with van der Waals surface area (Å²) in [7, 11) is 0. The van der Waals surface area contributed by atoms with Gasteiger partial charge in [0.25, 0.3) is 0 Å². The molecule has 2 nitrogen and oxygen atoms in total. The lowest BCUT2D eigenvalue weighted by Gasteiger charge is -2.20. The minimum Gasteiger partial charge on any atom is -0.482 e. The van der Waals surface area contributed by atoms with Crippen LogP contribution in [0.4, 0.5) is 0 Å². The van der Waals surface area contributed by atoms with Gasteiger partial charge >= 0.3 is 0 Å². The number of aliphatic hydroxyl groups is 1.